The molecule has 0 aromatic heterocycles. The van der Waals surface area contributed by atoms with Gasteiger partial charge in [-0.2, -0.15) is 0 Å². The molecule has 0 spiro atoms. The Hall–Kier alpha value is -0.610. The van der Waals surface area contributed by atoms with Crippen molar-refractivity contribution in [1.82, 2.24) is 10.2 Å². The zero-order chi connectivity index (χ0) is 13.4. The highest BCUT2D eigenvalue weighted by atomic mass is 16.5. The maximum Gasteiger partial charge on any atom is 0.239 e. The number of nitrogens with one attached hydrogen (secondary N) is 1. The summed E-state index contributed by atoms with van der Waals surface area (Å²) in [5, 5.41) is 3.31. The molecule has 4 nitrogen and oxygen atoms in total. The van der Waals surface area contributed by atoms with E-state index in [2.05, 4.69) is 5.32 Å². The van der Waals surface area contributed by atoms with Crippen molar-refractivity contribution in [3.63, 3.8) is 0 Å². The summed E-state index contributed by atoms with van der Waals surface area (Å²) in [6.07, 6.45) is 5.04. The smallest absolute Gasteiger partial charge is 0.239 e. The predicted molar refractivity (Wildman–Crippen MR) is 73.6 cm³/mol. The molecule has 1 amide bonds. The van der Waals surface area contributed by atoms with Crippen molar-refractivity contribution >= 4 is 5.91 Å². The lowest BCUT2D eigenvalue weighted by molar-refractivity contribution is -0.132. The second kappa shape index (κ2) is 8.48. The highest BCUT2D eigenvalue weighted by molar-refractivity contribution is 5.81. The van der Waals surface area contributed by atoms with Crippen LogP contribution in [-0.2, 0) is 9.53 Å². The van der Waals surface area contributed by atoms with Gasteiger partial charge in [0.15, 0.2) is 0 Å². The minimum absolute atomic E-state index is 0.0894. The quantitative estimate of drug-likeness (QED) is 0.755. The molecule has 2 atom stereocenters. The molecule has 1 saturated heterocycles. The number of ether oxygens (including phenoxy) is 1. The van der Waals surface area contributed by atoms with Gasteiger partial charge in [0.1, 0.15) is 0 Å². The lowest BCUT2D eigenvalue weighted by Gasteiger charge is -2.25. The number of carbonyl (C=O) groups is 1. The van der Waals surface area contributed by atoms with E-state index in [1.54, 1.807) is 0 Å². The Bertz CT molecular complexity index is 236. The number of amides is 1. The second-order valence-corrected chi connectivity index (χ2v) is 4.96. The van der Waals surface area contributed by atoms with E-state index in [1.165, 1.54) is 19.3 Å². The predicted octanol–water partition coefficient (Wildman–Crippen LogP) is 1.79. The van der Waals surface area contributed by atoms with Crippen molar-refractivity contribution in [2.45, 2.75) is 58.6 Å². The molecule has 1 aliphatic heterocycles. The van der Waals surface area contributed by atoms with Crippen LogP contribution in [0.2, 0.25) is 0 Å². The fraction of sp³-hybridized carbons (Fsp3) is 0.929. The Labute approximate surface area is 111 Å². The van der Waals surface area contributed by atoms with Crippen LogP contribution in [0.25, 0.3) is 0 Å². The van der Waals surface area contributed by atoms with Gasteiger partial charge in [-0.3, -0.25) is 4.79 Å². The average molecular weight is 256 g/mol. The van der Waals surface area contributed by atoms with E-state index >= 15 is 0 Å². The number of nitrogens with zero attached hydrogens (tertiary/aromatic N) is 1. The maximum absolute atomic E-state index is 12.0. The van der Waals surface area contributed by atoms with Gasteiger partial charge in [-0.25, -0.2) is 0 Å². The summed E-state index contributed by atoms with van der Waals surface area (Å²) in [6.45, 7) is 9.31. The van der Waals surface area contributed by atoms with Crippen molar-refractivity contribution in [3.05, 3.63) is 0 Å². The van der Waals surface area contributed by atoms with Gasteiger partial charge in [0.25, 0.3) is 0 Å². The van der Waals surface area contributed by atoms with Gasteiger partial charge >= 0.3 is 0 Å². The summed E-state index contributed by atoms with van der Waals surface area (Å²) in [5.74, 6) is 0.199. The van der Waals surface area contributed by atoms with E-state index in [-0.39, 0.29) is 11.9 Å². The molecule has 0 saturated carbocycles. The standard InChI is InChI=1S/C14H28N2O2/c1-4-16(5-2)14(17)12(3)15-10-9-13-8-6-7-11-18-13/h12-13,15H,4-11H2,1-3H3. The molecule has 106 valence electrons. The monoisotopic (exact) mass is 256 g/mol. The normalized spacial score (nSPS) is 21.6. The third-order valence-electron chi connectivity index (χ3n) is 3.64. The van der Waals surface area contributed by atoms with Crippen LogP contribution >= 0.6 is 0 Å². The third kappa shape index (κ3) is 4.94. The summed E-state index contributed by atoms with van der Waals surface area (Å²) in [4.78, 5) is 13.9. The number of hydrogen-bond donors (Lipinski definition) is 1. The van der Waals surface area contributed by atoms with Crippen molar-refractivity contribution < 1.29 is 9.53 Å². The van der Waals surface area contributed by atoms with Gasteiger partial charge in [-0.1, -0.05) is 0 Å². The molecule has 0 aromatic rings. The molecule has 18 heavy (non-hydrogen) atoms. The molecule has 4 heteroatoms. The topological polar surface area (TPSA) is 41.6 Å². The minimum atomic E-state index is -0.0894. The average Bonchev–Trinajstić information content (AvgIpc) is 2.41. The van der Waals surface area contributed by atoms with Gasteiger partial charge in [0.2, 0.25) is 5.91 Å². The van der Waals surface area contributed by atoms with E-state index in [1.807, 2.05) is 25.7 Å². The first-order chi connectivity index (χ1) is 8.69. The Kier molecular flexibility index (Phi) is 7.28. The molecule has 0 radical (unpaired) electrons. The first kappa shape index (κ1) is 15.4. The van der Waals surface area contributed by atoms with Gasteiger partial charge in [0, 0.05) is 19.7 Å². The second-order valence-electron chi connectivity index (χ2n) is 4.96. The van der Waals surface area contributed by atoms with Crippen LogP contribution in [0, 0.1) is 0 Å². The molecule has 1 heterocycles. The Morgan fingerprint density at radius 3 is 2.67 bits per heavy atom. The van der Waals surface area contributed by atoms with E-state index in [0.29, 0.717) is 6.10 Å². The number of likely N-dealkylation sites (N-methyl/N-ethyl adjacent to an activating group) is 1. The van der Waals surface area contributed by atoms with E-state index < -0.39 is 0 Å². The molecule has 1 fully saturated rings. The van der Waals surface area contributed by atoms with Crippen LogP contribution in [-0.4, -0.2) is 49.2 Å². The number of hydrogen-bond acceptors (Lipinski definition) is 3. The first-order valence-electron chi connectivity index (χ1n) is 7.32. The van der Waals surface area contributed by atoms with Crippen LogP contribution < -0.4 is 5.32 Å². The summed E-state index contributed by atoms with van der Waals surface area (Å²) < 4.78 is 5.67. The van der Waals surface area contributed by atoms with Crippen LogP contribution in [0.15, 0.2) is 0 Å². The summed E-state index contributed by atoms with van der Waals surface area (Å²) >= 11 is 0. The minimum Gasteiger partial charge on any atom is -0.378 e. The van der Waals surface area contributed by atoms with Crippen LogP contribution in [0.5, 0.6) is 0 Å². The van der Waals surface area contributed by atoms with E-state index in [4.69, 9.17) is 4.74 Å². The highest BCUT2D eigenvalue weighted by Crippen LogP contribution is 2.14. The molecule has 0 bridgehead atoms. The van der Waals surface area contributed by atoms with Gasteiger partial charge < -0.3 is 15.0 Å². The van der Waals surface area contributed by atoms with Crippen molar-refractivity contribution in [2.75, 3.05) is 26.2 Å². The van der Waals surface area contributed by atoms with Gasteiger partial charge in [-0.15, -0.1) is 0 Å². The molecular formula is C14H28N2O2. The molecule has 1 N–H and O–H groups in total. The molecule has 0 aromatic carbocycles. The van der Waals surface area contributed by atoms with E-state index in [0.717, 1.165) is 32.7 Å². The van der Waals surface area contributed by atoms with Crippen molar-refractivity contribution in [1.29, 1.82) is 0 Å². The summed E-state index contributed by atoms with van der Waals surface area (Å²) in [5.41, 5.74) is 0. The third-order valence-corrected chi connectivity index (χ3v) is 3.64. The largest absolute Gasteiger partial charge is 0.378 e. The fourth-order valence-corrected chi connectivity index (χ4v) is 2.39. The zero-order valence-electron chi connectivity index (χ0n) is 12.1. The maximum atomic E-state index is 12.0. The van der Waals surface area contributed by atoms with Gasteiger partial charge in [-0.05, 0) is 53.0 Å². The molecule has 1 aliphatic rings. The fourth-order valence-electron chi connectivity index (χ4n) is 2.39. The zero-order valence-corrected chi connectivity index (χ0v) is 12.1. The van der Waals surface area contributed by atoms with Crippen LogP contribution in [0.3, 0.4) is 0 Å². The number of carbonyl (C=O) groups excluding carboxylic acids is 1. The Balaban J connectivity index is 2.19. The van der Waals surface area contributed by atoms with Crippen molar-refractivity contribution in [2.24, 2.45) is 0 Å². The molecule has 1 rings (SSSR count). The van der Waals surface area contributed by atoms with E-state index in [9.17, 15) is 4.79 Å². The molecular weight excluding hydrogens is 228 g/mol. The lowest BCUT2D eigenvalue weighted by Crippen LogP contribution is -2.45. The summed E-state index contributed by atoms with van der Waals surface area (Å²) in [7, 11) is 0. The summed E-state index contributed by atoms with van der Waals surface area (Å²) in [6, 6.07) is -0.0894. The number of rotatable bonds is 7. The first-order valence-corrected chi connectivity index (χ1v) is 7.32. The van der Waals surface area contributed by atoms with Crippen molar-refractivity contribution in [3.8, 4) is 0 Å². The van der Waals surface area contributed by atoms with Crippen LogP contribution in [0.1, 0.15) is 46.5 Å². The molecule has 2 unspecified atom stereocenters. The van der Waals surface area contributed by atoms with Gasteiger partial charge in [0.05, 0.1) is 12.1 Å². The lowest BCUT2D eigenvalue weighted by atomic mass is 10.1. The molecule has 0 aliphatic carbocycles. The Morgan fingerprint density at radius 1 is 1.39 bits per heavy atom. The SMILES string of the molecule is CCN(CC)C(=O)C(C)NCCC1CCCCO1. The highest BCUT2D eigenvalue weighted by Gasteiger charge is 2.18. The van der Waals surface area contributed by atoms with Crippen LogP contribution in [0.4, 0.5) is 0 Å². The Morgan fingerprint density at radius 2 is 2.11 bits per heavy atom.